The maximum Gasteiger partial charge on any atom is 0.377 e. The van der Waals surface area contributed by atoms with Gasteiger partial charge in [0, 0.05) is 25.1 Å². The molecule has 104 valence electrons. The van der Waals surface area contributed by atoms with Gasteiger partial charge in [0.1, 0.15) is 6.10 Å². The van der Waals surface area contributed by atoms with Gasteiger partial charge < -0.3 is 14.8 Å². The number of ether oxygens (including phenoxy) is 2. The number of alkyl halides is 2. The number of carbonyl (C=O) groups is 1. The Kier molecular flexibility index (Phi) is 3.36. The Morgan fingerprint density at radius 2 is 2.17 bits per heavy atom. The van der Waals surface area contributed by atoms with Crippen LogP contribution in [0.15, 0.2) is 0 Å². The van der Waals surface area contributed by atoms with Crippen LogP contribution in [-0.2, 0) is 14.3 Å². The number of halogens is 2. The molecule has 0 amide bonds. The number of rotatable bonds is 4. The van der Waals surface area contributed by atoms with Crippen LogP contribution in [0, 0.1) is 5.41 Å². The Morgan fingerprint density at radius 3 is 2.61 bits per heavy atom. The fraction of sp³-hybridized carbons (Fsp3) is 0.917. The van der Waals surface area contributed by atoms with Crippen LogP contribution in [0.3, 0.4) is 0 Å². The fourth-order valence-corrected chi connectivity index (χ4v) is 2.67. The highest BCUT2D eigenvalue weighted by Crippen LogP contribution is 2.42. The molecule has 0 bridgehead atoms. The zero-order valence-corrected chi connectivity index (χ0v) is 10.8. The van der Waals surface area contributed by atoms with E-state index in [1.807, 2.05) is 0 Å². The first-order valence-corrected chi connectivity index (χ1v) is 6.12. The van der Waals surface area contributed by atoms with Crippen molar-refractivity contribution in [3.8, 4) is 0 Å². The fourth-order valence-electron chi connectivity index (χ4n) is 2.67. The molecule has 1 saturated carbocycles. The van der Waals surface area contributed by atoms with E-state index in [9.17, 15) is 13.6 Å². The SMILES string of the molecule is COC1CC(NCC2CC(F)(F)C(=O)O2)C1(C)C. The van der Waals surface area contributed by atoms with Crippen LogP contribution in [0.1, 0.15) is 26.7 Å². The van der Waals surface area contributed by atoms with E-state index in [1.165, 1.54) is 0 Å². The van der Waals surface area contributed by atoms with Crippen molar-refractivity contribution in [2.45, 2.75) is 50.9 Å². The summed E-state index contributed by atoms with van der Waals surface area (Å²) < 4.78 is 35.9. The summed E-state index contributed by atoms with van der Waals surface area (Å²) in [7, 11) is 1.67. The average molecular weight is 263 g/mol. The molecule has 6 heteroatoms. The highest BCUT2D eigenvalue weighted by Gasteiger charge is 2.52. The molecular formula is C12H19F2NO3. The maximum atomic E-state index is 13.0. The van der Waals surface area contributed by atoms with E-state index >= 15 is 0 Å². The Hall–Kier alpha value is -0.750. The van der Waals surface area contributed by atoms with Gasteiger partial charge >= 0.3 is 11.9 Å². The second kappa shape index (κ2) is 4.42. The lowest BCUT2D eigenvalue weighted by molar-refractivity contribution is -0.159. The molecule has 1 heterocycles. The number of carbonyl (C=O) groups excluding carboxylic acids is 1. The third kappa shape index (κ3) is 2.23. The number of hydrogen-bond acceptors (Lipinski definition) is 4. The van der Waals surface area contributed by atoms with Crippen molar-refractivity contribution in [1.82, 2.24) is 5.32 Å². The maximum absolute atomic E-state index is 13.0. The first-order valence-electron chi connectivity index (χ1n) is 6.12. The predicted molar refractivity (Wildman–Crippen MR) is 60.4 cm³/mol. The van der Waals surface area contributed by atoms with E-state index in [1.54, 1.807) is 7.11 Å². The quantitative estimate of drug-likeness (QED) is 0.778. The van der Waals surface area contributed by atoms with Gasteiger partial charge in [0.25, 0.3) is 0 Å². The minimum Gasteiger partial charge on any atom is -0.456 e. The van der Waals surface area contributed by atoms with Crippen molar-refractivity contribution < 1.29 is 23.0 Å². The summed E-state index contributed by atoms with van der Waals surface area (Å²) in [6, 6.07) is 0.204. The highest BCUT2D eigenvalue weighted by atomic mass is 19.3. The molecule has 0 spiro atoms. The van der Waals surface area contributed by atoms with Crippen LogP contribution in [0.4, 0.5) is 8.78 Å². The van der Waals surface area contributed by atoms with Gasteiger partial charge in [-0.1, -0.05) is 13.8 Å². The molecule has 3 atom stereocenters. The normalized spacial score (nSPS) is 37.2. The molecule has 2 fully saturated rings. The summed E-state index contributed by atoms with van der Waals surface area (Å²) in [5.41, 5.74) is -0.0279. The summed E-state index contributed by atoms with van der Waals surface area (Å²) in [5, 5.41) is 3.18. The van der Waals surface area contributed by atoms with Gasteiger partial charge in [-0.05, 0) is 6.42 Å². The van der Waals surface area contributed by atoms with Crippen LogP contribution in [0.5, 0.6) is 0 Å². The molecule has 0 aromatic heterocycles. The van der Waals surface area contributed by atoms with E-state index in [4.69, 9.17) is 4.74 Å². The molecule has 1 saturated heterocycles. The Balaban J connectivity index is 1.79. The first-order chi connectivity index (χ1) is 8.27. The first kappa shape index (κ1) is 13.7. The highest BCUT2D eigenvalue weighted by molar-refractivity contribution is 5.79. The standard InChI is InChI=1S/C12H19F2NO3/c1-11(2)8(4-9(11)17-3)15-6-7-5-12(13,14)10(16)18-7/h7-9,15H,4-6H2,1-3H3. The molecule has 1 N–H and O–H groups in total. The molecule has 2 rings (SSSR count). The third-order valence-corrected chi connectivity index (χ3v) is 4.11. The molecule has 3 unspecified atom stereocenters. The average Bonchev–Trinajstić information content (AvgIpc) is 2.51. The van der Waals surface area contributed by atoms with E-state index in [0.717, 1.165) is 6.42 Å². The summed E-state index contributed by atoms with van der Waals surface area (Å²) in [6.45, 7) is 4.40. The number of nitrogens with one attached hydrogen (secondary N) is 1. The van der Waals surface area contributed by atoms with E-state index in [-0.39, 0.29) is 24.1 Å². The molecule has 18 heavy (non-hydrogen) atoms. The monoisotopic (exact) mass is 263 g/mol. The van der Waals surface area contributed by atoms with Crippen molar-refractivity contribution in [3.05, 3.63) is 0 Å². The van der Waals surface area contributed by atoms with Crippen molar-refractivity contribution >= 4 is 5.97 Å². The molecule has 1 aliphatic heterocycles. The third-order valence-electron chi connectivity index (χ3n) is 4.11. The number of hydrogen-bond donors (Lipinski definition) is 1. The second-order valence-corrected chi connectivity index (χ2v) is 5.68. The largest absolute Gasteiger partial charge is 0.456 e. The Bertz CT molecular complexity index is 346. The molecule has 0 aromatic carbocycles. The number of esters is 1. The minimum atomic E-state index is -3.32. The van der Waals surface area contributed by atoms with Crippen molar-refractivity contribution in [2.24, 2.45) is 5.41 Å². The molecule has 0 aromatic rings. The Labute approximate surface area is 105 Å². The molecule has 4 nitrogen and oxygen atoms in total. The van der Waals surface area contributed by atoms with Gasteiger partial charge in [-0.15, -0.1) is 0 Å². The zero-order valence-electron chi connectivity index (χ0n) is 10.8. The number of methoxy groups -OCH3 is 1. The summed E-state index contributed by atoms with van der Waals surface area (Å²) in [5.74, 6) is -4.73. The van der Waals surface area contributed by atoms with E-state index in [2.05, 4.69) is 23.9 Å². The summed E-state index contributed by atoms with van der Waals surface area (Å²) >= 11 is 0. The van der Waals surface area contributed by atoms with Crippen LogP contribution in [0.25, 0.3) is 0 Å². The molecule has 2 aliphatic rings. The van der Waals surface area contributed by atoms with Crippen LogP contribution < -0.4 is 5.32 Å². The van der Waals surface area contributed by atoms with Crippen molar-refractivity contribution in [2.75, 3.05) is 13.7 Å². The lowest BCUT2D eigenvalue weighted by Crippen LogP contribution is -2.61. The Morgan fingerprint density at radius 1 is 1.50 bits per heavy atom. The van der Waals surface area contributed by atoms with Gasteiger partial charge in [-0.3, -0.25) is 0 Å². The van der Waals surface area contributed by atoms with Crippen LogP contribution >= 0.6 is 0 Å². The molecule has 0 radical (unpaired) electrons. The van der Waals surface area contributed by atoms with Crippen LogP contribution in [0.2, 0.25) is 0 Å². The van der Waals surface area contributed by atoms with E-state index in [0.29, 0.717) is 0 Å². The summed E-state index contributed by atoms with van der Waals surface area (Å²) in [4.78, 5) is 10.8. The molecule has 1 aliphatic carbocycles. The van der Waals surface area contributed by atoms with Gasteiger partial charge in [0.2, 0.25) is 0 Å². The van der Waals surface area contributed by atoms with Crippen molar-refractivity contribution in [1.29, 1.82) is 0 Å². The van der Waals surface area contributed by atoms with Gasteiger partial charge in [0.05, 0.1) is 12.5 Å². The molecular weight excluding hydrogens is 244 g/mol. The van der Waals surface area contributed by atoms with Crippen molar-refractivity contribution in [3.63, 3.8) is 0 Å². The minimum absolute atomic E-state index is 0.0279. The summed E-state index contributed by atoms with van der Waals surface area (Å²) in [6.07, 6.45) is -0.229. The predicted octanol–water partition coefficient (Wildman–Crippen LogP) is 1.34. The zero-order chi connectivity index (χ0) is 13.6. The number of cyclic esters (lactones) is 1. The van der Waals surface area contributed by atoms with Crippen LogP contribution in [-0.4, -0.2) is 43.8 Å². The lowest BCUT2D eigenvalue weighted by Gasteiger charge is -2.51. The van der Waals surface area contributed by atoms with Gasteiger partial charge in [0.15, 0.2) is 0 Å². The van der Waals surface area contributed by atoms with Gasteiger partial charge in [-0.25, -0.2) is 4.79 Å². The second-order valence-electron chi connectivity index (χ2n) is 5.68. The van der Waals surface area contributed by atoms with E-state index < -0.39 is 24.4 Å². The smallest absolute Gasteiger partial charge is 0.377 e. The topological polar surface area (TPSA) is 47.6 Å². The van der Waals surface area contributed by atoms with Gasteiger partial charge in [-0.2, -0.15) is 8.78 Å². The lowest BCUT2D eigenvalue weighted by atomic mass is 9.64.